The van der Waals surface area contributed by atoms with Gasteiger partial charge in [-0.2, -0.15) is 10.2 Å². The van der Waals surface area contributed by atoms with E-state index in [0.29, 0.717) is 17.1 Å². The lowest BCUT2D eigenvalue weighted by atomic mass is 10.2. The summed E-state index contributed by atoms with van der Waals surface area (Å²) in [7, 11) is 0. The highest BCUT2D eigenvalue weighted by atomic mass is 19.1. The molecule has 2 aromatic heterocycles. The van der Waals surface area contributed by atoms with Crippen molar-refractivity contribution in [3.05, 3.63) is 59.8 Å². The minimum Gasteiger partial charge on any atom is -0.332 e. The van der Waals surface area contributed by atoms with Crippen LogP contribution in [0.5, 0.6) is 0 Å². The van der Waals surface area contributed by atoms with Gasteiger partial charge in [0.1, 0.15) is 11.5 Å². The van der Waals surface area contributed by atoms with Crippen LogP contribution in [0.15, 0.2) is 52.7 Å². The van der Waals surface area contributed by atoms with Crippen LogP contribution in [0.4, 0.5) is 4.39 Å². The topological polar surface area (TPSA) is 75.6 Å². The van der Waals surface area contributed by atoms with Gasteiger partial charge in [0.25, 0.3) is 5.89 Å². The lowest BCUT2D eigenvalue weighted by Crippen LogP contribution is -1.84. The lowest BCUT2D eigenvalue weighted by Gasteiger charge is -1.91. The van der Waals surface area contributed by atoms with Gasteiger partial charge in [0, 0.05) is 0 Å². The first-order valence-electron chi connectivity index (χ1n) is 6.09. The van der Waals surface area contributed by atoms with Crippen molar-refractivity contribution >= 4 is 6.08 Å². The molecule has 2 rings (SSSR count). The highest BCUT2D eigenvalue weighted by Gasteiger charge is 2.08. The number of allylic oxidation sites excluding steroid dienone is 5. The van der Waals surface area contributed by atoms with Crippen LogP contribution in [0, 0.1) is 17.1 Å². The normalized spacial score (nSPS) is 12.1. The van der Waals surface area contributed by atoms with Gasteiger partial charge in [0.05, 0.1) is 17.8 Å². The molecule has 0 aliphatic carbocycles. The van der Waals surface area contributed by atoms with Crippen LogP contribution in [0.1, 0.15) is 12.7 Å². The van der Waals surface area contributed by atoms with Crippen molar-refractivity contribution in [3.8, 4) is 17.7 Å². The van der Waals surface area contributed by atoms with E-state index in [9.17, 15) is 4.39 Å². The third-order valence-electron chi connectivity index (χ3n) is 2.40. The molecule has 0 aromatic carbocycles. The Bertz CT molecular complexity index is 736. The number of aromatic nitrogens is 3. The van der Waals surface area contributed by atoms with Gasteiger partial charge in [-0.05, 0) is 37.3 Å². The van der Waals surface area contributed by atoms with Crippen molar-refractivity contribution in [2.45, 2.75) is 6.92 Å². The van der Waals surface area contributed by atoms with E-state index in [1.54, 1.807) is 24.3 Å². The summed E-state index contributed by atoms with van der Waals surface area (Å²) in [5.41, 5.74) is 0.841. The first-order valence-corrected chi connectivity index (χ1v) is 6.09. The van der Waals surface area contributed by atoms with E-state index in [2.05, 4.69) is 15.1 Å². The monoisotopic (exact) mass is 282 g/mol. The van der Waals surface area contributed by atoms with Crippen LogP contribution >= 0.6 is 0 Å². The molecule has 0 atom stereocenters. The standard InChI is InChI=1S/C15H11FN4O/c1-2-3-4-11(9-17)5-8-14-19-15(21-20-14)13-7-6-12(16)10-18-13/h2-8,10H,1H3/b3-2-,8-5+,11-4+. The first kappa shape index (κ1) is 14.3. The number of hydrogen-bond donors (Lipinski definition) is 0. The minimum absolute atomic E-state index is 0.186. The maximum absolute atomic E-state index is 12.8. The maximum atomic E-state index is 12.8. The molecule has 0 spiro atoms. The van der Waals surface area contributed by atoms with Gasteiger partial charge < -0.3 is 4.52 Å². The van der Waals surface area contributed by atoms with Crippen LogP contribution in [0.25, 0.3) is 17.7 Å². The Hall–Kier alpha value is -3.07. The fourth-order valence-corrected chi connectivity index (χ4v) is 1.40. The lowest BCUT2D eigenvalue weighted by molar-refractivity contribution is 0.427. The third-order valence-corrected chi connectivity index (χ3v) is 2.40. The summed E-state index contributed by atoms with van der Waals surface area (Å²) >= 11 is 0. The van der Waals surface area contributed by atoms with Crippen molar-refractivity contribution in [2.24, 2.45) is 0 Å². The second-order valence-electron chi connectivity index (χ2n) is 3.91. The zero-order valence-electron chi connectivity index (χ0n) is 11.2. The van der Waals surface area contributed by atoms with E-state index in [1.807, 2.05) is 19.1 Å². The fraction of sp³-hybridized carbons (Fsp3) is 0.0667. The van der Waals surface area contributed by atoms with Crippen LogP contribution in [0.3, 0.4) is 0 Å². The van der Waals surface area contributed by atoms with Crippen molar-refractivity contribution in [2.75, 3.05) is 0 Å². The number of pyridine rings is 1. The van der Waals surface area contributed by atoms with Gasteiger partial charge in [0.15, 0.2) is 5.82 Å². The predicted octanol–water partition coefficient (Wildman–Crippen LogP) is 3.31. The number of rotatable bonds is 4. The first-order chi connectivity index (χ1) is 10.2. The quantitative estimate of drug-likeness (QED) is 0.635. The van der Waals surface area contributed by atoms with E-state index in [-0.39, 0.29) is 5.89 Å². The average Bonchev–Trinajstić information content (AvgIpc) is 2.97. The van der Waals surface area contributed by atoms with Gasteiger partial charge in [-0.3, -0.25) is 0 Å². The summed E-state index contributed by atoms with van der Waals surface area (Å²) in [6.07, 6.45) is 9.44. The summed E-state index contributed by atoms with van der Waals surface area (Å²) in [4.78, 5) is 7.94. The van der Waals surface area contributed by atoms with Gasteiger partial charge in [-0.1, -0.05) is 17.3 Å². The van der Waals surface area contributed by atoms with Gasteiger partial charge >= 0.3 is 0 Å². The Morgan fingerprint density at radius 3 is 2.95 bits per heavy atom. The Kier molecular flexibility index (Phi) is 4.72. The summed E-state index contributed by atoms with van der Waals surface area (Å²) in [6.45, 7) is 1.86. The molecular weight excluding hydrogens is 271 g/mol. The molecule has 0 N–H and O–H groups in total. The van der Waals surface area contributed by atoms with E-state index < -0.39 is 5.82 Å². The molecule has 0 saturated heterocycles. The Balaban J connectivity index is 2.17. The molecule has 104 valence electrons. The molecule has 0 aliphatic heterocycles. The number of nitriles is 1. The van der Waals surface area contributed by atoms with Crippen molar-refractivity contribution in [3.63, 3.8) is 0 Å². The fourth-order valence-electron chi connectivity index (χ4n) is 1.40. The molecule has 0 bridgehead atoms. The Morgan fingerprint density at radius 2 is 2.29 bits per heavy atom. The Labute approximate surface area is 120 Å². The largest absolute Gasteiger partial charge is 0.332 e. The molecule has 0 amide bonds. The third kappa shape index (κ3) is 3.94. The smallest absolute Gasteiger partial charge is 0.276 e. The van der Waals surface area contributed by atoms with E-state index >= 15 is 0 Å². The van der Waals surface area contributed by atoms with Crippen LogP contribution in [-0.2, 0) is 0 Å². The van der Waals surface area contributed by atoms with Crippen molar-refractivity contribution < 1.29 is 8.91 Å². The summed E-state index contributed by atoms with van der Waals surface area (Å²) < 4.78 is 17.8. The number of halogens is 1. The highest BCUT2D eigenvalue weighted by molar-refractivity contribution is 5.53. The second kappa shape index (κ2) is 6.91. The van der Waals surface area contributed by atoms with Gasteiger partial charge in [-0.25, -0.2) is 9.37 Å². The second-order valence-corrected chi connectivity index (χ2v) is 3.91. The summed E-state index contributed by atoms with van der Waals surface area (Å²) in [5, 5.41) is 12.7. The molecule has 21 heavy (non-hydrogen) atoms. The summed E-state index contributed by atoms with van der Waals surface area (Å²) in [6, 6.07) is 4.74. The van der Waals surface area contributed by atoms with Gasteiger partial charge in [-0.15, -0.1) is 0 Å². The molecule has 0 aliphatic rings. The molecule has 0 saturated carbocycles. The minimum atomic E-state index is -0.439. The van der Waals surface area contributed by atoms with E-state index in [1.165, 1.54) is 12.1 Å². The number of hydrogen-bond acceptors (Lipinski definition) is 5. The molecule has 2 aromatic rings. The van der Waals surface area contributed by atoms with Gasteiger partial charge in [0.2, 0.25) is 0 Å². The molecule has 0 fully saturated rings. The Morgan fingerprint density at radius 1 is 1.43 bits per heavy atom. The van der Waals surface area contributed by atoms with E-state index in [4.69, 9.17) is 9.78 Å². The van der Waals surface area contributed by atoms with Crippen LogP contribution in [-0.4, -0.2) is 15.1 Å². The average molecular weight is 282 g/mol. The SMILES string of the molecule is C\C=C/C=C(C#N)\C=C\c1noc(-c2ccc(F)cn2)n1. The number of nitrogens with zero attached hydrogens (tertiary/aromatic N) is 4. The van der Waals surface area contributed by atoms with Crippen molar-refractivity contribution in [1.82, 2.24) is 15.1 Å². The van der Waals surface area contributed by atoms with E-state index in [0.717, 1.165) is 6.20 Å². The predicted molar refractivity (Wildman–Crippen MR) is 75.0 cm³/mol. The van der Waals surface area contributed by atoms with Crippen molar-refractivity contribution in [1.29, 1.82) is 5.26 Å². The molecule has 6 heteroatoms. The molecular formula is C15H11FN4O. The molecule has 0 unspecified atom stereocenters. The zero-order chi connectivity index (χ0) is 15.1. The maximum Gasteiger partial charge on any atom is 0.276 e. The molecule has 0 radical (unpaired) electrons. The summed E-state index contributed by atoms with van der Waals surface area (Å²) in [5.74, 6) is 0.0505. The van der Waals surface area contributed by atoms with Crippen LogP contribution < -0.4 is 0 Å². The zero-order valence-corrected chi connectivity index (χ0v) is 11.2. The van der Waals surface area contributed by atoms with Crippen LogP contribution in [0.2, 0.25) is 0 Å². The highest BCUT2D eigenvalue weighted by Crippen LogP contribution is 2.15. The molecule has 5 nitrogen and oxygen atoms in total. The molecule has 2 heterocycles.